The lowest BCUT2D eigenvalue weighted by molar-refractivity contribution is -0.135. The van der Waals surface area contributed by atoms with Gasteiger partial charge in [0, 0.05) is 45.5 Å². The van der Waals surface area contributed by atoms with Crippen LogP contribution in [0.3, 0.4) is 0 Å². The van der Waals surface area contributed by atoms with E-state index in [2.05, 4.69) is 44.2 Å². The molecule has 1 fully saturated rings. The Labute approximate surface area is 353 Å². The van der Waals surface area contributed by atoms with E-state index < -0.39 is 11.9 Å². The van der Waals surface area contributed by atoms with Gasteiger partial charge in [-0.25, -0.2) is 19.3 Å². The predicted molar refractivity (Wildman–Crippen MR) is 237 cm³/mol. The van der Waals surface area contributed by atoms with Crippen molar-refractivity contribution in [3.05, 3.63) is 111 Å². The Bertz CT molecular complexity index is 2720. The van der Waals surface area contributed by atoms with Gasteiger partial charge in [0.05, 0.1) is 34.2 Å². The number of aryl methyl sites for hydroxylation is 2. The van der Waals surface area contributed by atoms with E-state index >= 15 is 0 Å². The summed E-state index contributed by atoms with van der Waals surface area (Å²) in [6.07, 6.45) is 16.4. The lowest BCUT2D eigenvalue weighted by Crippen LogP contribution is -2.44. The second-order valence-corrected chi connectivity index (χ2v) is 15.4. The summed E-state index contributed by atoms with van der Waals surface area (Å²) in [4.78, 5) is 72.9. The molecule has 1 aromatic carbocycles. The van der Waals surface area contributed by atoms with E-state index in [4.69, 9.17) is 5.10 Å². The highest BCUT2D eigenvalue weighted by molar-refractivity contribution is 6.00. The molecule has 0 radical (unpaired) electrons. The van der Waals surface area contributed by atoms with Gasteiger partial charge in [-0.15, -0.1) is 5.10 Å². The highest BCUT2D eigenvalue weighted by Crippen LogP contribution is 2.27. The maximum atomic E-state index is 13.6. The van der Waals surface area contributed by atoms with E-state index in [9.17, 15) is 24.0 Å². The number of pyridine rings is 2. The number of fused-ring (bicyclic) bond motifs is 2. The standard InChI is InChI=1S/C45H53N11O5/c1-5-15-29(2)36-28-49-41-33(46-3)26-37(52-56(36)41)50-32-18-14-25-54(44(32)60)38-22-20-31(27-48-38)42(58)47-24-12-10-8-6-7-9-11-16-30-17-13-19-34-40(30)53(4)45(61)55(34)35-21-23-39(57)51-43(35)59/h13-15,17-20,22,25-28,35,46H,5-12,16,21,23-24H2,1-4H3,(H,47,58)(H,50,52)(H,51,57,59)/b29-15+. The third-order valence-corrected chi connectivity index (χ3v) is 11.2. The van der Waals surface area contributed by atoms with Crippen LogP contribution in [0.2, 0.25) is 0 Å². The van der Waals surface area contributed by atoms with Crippen molar-refractivity contribution in [2.75, 3.05) is 24.2 Å². The lowest BCUT2D eigenvalue weighted by atomic mass is 10.0. The number of para-hydroxylation sites is 1. The van der Waals surface area contributed by atoms with Crippen molar-refractivity contribution in [3.8, 4) is 5.82 Å². The van der Waals surface area contributed by atoms with Crippen molar-refractivity contribution in [2.24, 2.45) is 7.05 Å². The Hall–Kier alpha value is -6.84. The summed E-state index contributed by atoms with van der Waals surface area (Å²) in [5, 5.41) is 16.4. The monoisotopic (exact) mass is 827 g/mol. The zero-order chi connectivity index (χ0) is 43.0. The zero-order valence-electron chi connectivity index (χ0n) is 35.2. The average molecular weight is 828 g/mol. The normalized spacial score (nSPS) is 14.4. The van der Waals surface area contributed by atoms with Crippen LogP contribution < -0.4 is 32.5 Å². The lowest BCUT2D eigenvalue weighted by Gasteiger charge is -2.21. The number of anilines is 3. The highest BCUT2D eigenvalue weighted by Gasteiger charge is 2.31. The summed E-state index contributed by atoms with van der Waals surface area (Å²) in [7, 11) is 3.55. The largest absolute Gasteiger partial charge is 0.385 e. The van der Waals surface area contributed by atoms with Gasteiger partial charge in [-0.3, -0.25) is 38.2 Å². The number of imide groups is 1. The van der Waals surface area contributed by atoms with E-state index in [0.29, 0.717) is 41.5 Å². The first kappa shape index (κ1) is 42.3. The van der Waals surface area contributed by atoms with Crippen LogP contribution >= 0.6 is 0 Å². The molecule has 7 rings (SSSR count). The van der Waals surface area contributed by atoms with Crippen molar-refractivity contribution >= 4 is 57.2 Å². The second-order valence-electron chi connectivity index (χ2n) is 15.4. The van der Waals surface area contributed by atoms with Crippen LogP contribution in [0.15, 0.2) is 82.8 Å². The maximum Gasteiger partial charge on any atom is 0.329 e. The summed E-state index contributed by atoms with van der Waals surface area (Å²) < 4.78 is 6.33. The van der Waals surface area contributed by atoms with Crippen LogP contribution in [0.5, 0.6) is 0 Å². The smallest absolute Gasteiger partial charge is 0.329 e. The Morgan fingerprint density at radius 3 is 2.46 bits per heavy atom. The van der Waals surface area contributed by atoms with Crippen LogP contribution in [0.25, 0.3) is 28.1 Å². The molecule has 6 aromatic rings. The topological polar surface area (TPSA) is 191 Å². The number of nitrogens with one attached hydrogen (secondary N) is 4. The van der Waals surface area contributed by atoms with Crippen molar-refractivity contribution < 1.29 is 14.4 Å². The fraction of sp³-hybridized carbons (Fsp3) is 0.378. The van der Waals surface area contributed by atoms with Crippen LogP contribution in [-0.2, 0) is 23.1 Å². The van der Waals surface area contributed by atoms with Crippen LogP contribution in [0.1, 0.15) is 106 Å². The number of piperidine rings is 1. The Kier molecular flexibility index (Phi) is 13.2. The summed E-state index contributed by atoms with van der Waals surface area (Å²) >= 11 is 0. The maximum absolute atomic E-state index is 13.6. The van der Waals surface area contributed by atoms with Crippen molar-refractivity contribution in [1.29, 1.82) is 0 Å². The Balaban J connectivity index is 0.848. The first-order valence-corrected chi connectivity index (χ1v) is 21.1. The van der Waals surface area contributed by atoms with Gasteiger partial charge in [0.25, 0.3) is 11.5 Å². The number of carbonyl (C=O) groups is 3. The number of allylic oxidation sites excluding steroid dienone is 2. The van der Waals surface area contributed by atoms with Crippen LogP contribution in [0, 0.1) is 0 Å². The first-order valence-electron chi connectivity index (χ1n) is 21.1. The molecule has 1 aliphatic rings. The quantitative estimate of drug-likeness (QED) is 0.0573. The molecule has 318 valence electrons. The first-order chi connectivity index (χ1) is 29.6. The number of benzene rings is 1. The molecule has 0 saturated carbocycles. The molecule has 61 heavy (non-hydrogen) atoms. The van der Waals surface area contributed by atoms with E-state index in [-0.39, 0.29) is 29.5 Å². The van der Waals surface area contributed by atoms with Gasteiger partial charge in [0.1, 0.15) is 17.5 Å². The molecule has 0 aliphatic carbocycles. The number of hydrogen-bond acceptors (Lipinski definition) is 10. The van der Waals surface area contributed by atoms with Crippen molar-refractivity contribution in [3.63, 3.8) is 0 Å². The average Bonchev–Trinajstić information content (AvgIpc) is 3.80. The number of amides is 3. The molecule has 1 aliphatic heterocycles. The van der Waals surface area contributed by atoms with E-state index in [0.717, 1.165) is 91.3 Å². The van der Waals surface area contributed by atoms with Gasteiger partial charge in [0.15, 0.2) is 11.5 Å². The van der Waals surface area contributed by atoms with Gasteiger partial charge in [-0.05, 0) is 80.5 Å². The summed E-state index contributed by atoms with van der Waals surface area (Å²) in [6, 6.07) is 13.7. The minimum atomic E-state index is -0.692. The Morgan fingerprint density at radius 2 is 1.72 bits per heavy atom. The summed E-state index contributed by atoms with van der Waals surface area (Å²) in [6.45, 7) is 4.65. The molecular formula is C45H53N11O5. The minimum absolute atomic E-state index is 0.212. The third kappa shape index (κ3) is 9.17. The van der Waals surface area contributed by atoms with Gasteiger partial charge in [-0.2, -0.15) is 0 Å². The Morgan fingerprint density at radius 1 is 0.934 bits per heavy atom. The number of nitrogens with zero attached hydrogens (tertiary/aromatic N) is 7. The molecule has 3 amide bonds. The third-order valence-electron chi connectivity index (χ3n) is 11.2. The van der Waals surface area contributed by atoms with Crippen LogP contribution in [0.4, 0.5) is 17.2 Å². The number of rotatable bonds is 18. The summed E-state index contributed by atoms with van der Waals surface area (Å²) in [5.74, 6) is -0.101. The molecule has 6 heterocycles. The number of carbonyl (C=O) groups excluding carboxylic acids is 3. The fourth-order valence-electron chi connectivity index (χ4n) is 8.04. The number of hydrogen-bond donors (Lipinski definition) is 4. The number of aromatic nitrogens is 7. The van der Waals surface area contributed by atoms with E-state index in [1.54, 1.807) is 58.9 Å². The van der Waals surface area contributed by atoms with E-state index in [1.807, 2.05) is 32.2 Å². The van der Waals surface area contributed by atoms with Gasteiger partial charge < -0.3 is 16.0 Å². The fourth-order valence-corrected chi connectivity index (χ4v) is 8.04. The van der Waals surface area contributed by atoms with Crippen molar-refractivity contribution in [2.45, 2.75) is 90.5 Å². The molecular weight excluding hydrogens is 775 g/mol. The summed E-state index contributed by atoms with van der Waals surface area (Å²) in [5.41, 5.74) is 6.14. The second kappa shape index (κ2) is 19.0. The van der Waals surface area contributed by atoms with E-state index in [1.165, 1.54) is 15.3 Å². The molecule has 5 aromatic heterocycles. The molecule has 1 atom stereocenters. The van der Waals surface area contributed by atoms with Crippen LogP contribution in [-0.4, -0.2) is 64.6 Å². The molecule has 4 N–H and O–H groups in total. The molecule has 0 spiro atoms. The highest BCUT2D eigenvalue weighted by atomic mass is 16.2. The SMILES string of the molecule is CC/C=C(\C)c1cnc2c(NC)cc(Nc3cccn(-c4ccc(C(=O)NCCCCCCCCCc5cccc6c5n(C)c(=O)n6C5CCC(=O)NC5=O)cn4)c3=O)nn12. The zero-order valence-corrected chi connectivity index (χ0v) is 35.2. The number of imidazole rings is 2. The molecule has 16 nitrogen and oxygen atoms in total. The number of unbranched alkanes of at least 4 members (excludes halogenated alkanes) is 6. The molecule has 1 saturated heterocycles. The predicted octanol–water partition coefficient (Wildman–Crippen LogP) is 6.21. The van der Waals surface area contributed by atoms with Gasteiger partial charge >= 0.3 is 5.69 Å². The molecule has 1 unspecified atom stereocenters. The molecule has 0 bridgehead atoms. The minimum Gasteiger partial charge on any atom is -0.385 e. The molecule has 16 heteroatoms. The van der Waals surface area contributed by atoms with Gasteiger partial charge in [0.2, 0.25) is 11.8 Å². The van der Waals surface area contributed by atoms with Gasteiger partial charge in [-0.1, -0.05) is 57.2 Å². The van der Waals surface area contributed by atoms with Crippen molar-refractivity contribution in [1.82, 2.24) is 43.9 Å².